The molecule has 0 saturated heterocycles. The molecule has 0 unspecified atom stereocenters. The Balaban J connectivity index is 2.04. The van der Waals surface area contributed by atoms with Gasteiger partial charge in [0.1, 0.15) is 11.3 Å². The molecule has 1 heterocycles. The normalized spacial score (nSPS) is 16.0. The fourth-order valence-corrected chi connectivity index (χ4v) is 3.71. The summed E-state index contributed by atoms with van der Waals surface area (Å²) in [6.45, 7) is 6.78. The van der Waals surface area contributed by atoms with Gasteiger partial charge in [-0.2, -0.15) is 18.2 Å². The zero-order chi connectivity index (χ0) is 20.0. The summed E-state index contributed by atoms with van der Waals surface area (Å²) in [5.74, 6) is -2.07. The Morgan fingerprint density at radius 1 is 1.26 bits per heavy atom. The van der Waals surface area contributed by atoms with Crippen LogP contribution < -0.4 is 5.49 Å². The number of carbonyl (C=O) groups excluding carboxylic acids is 1. The van der Waals surface area contributed by atoms with Crippen molar-refractivity contribution < 1.29 is 22.4 Å². The van der Waals surface area contributed by atoms with Gasteiger partial charge in [-0.05, 0) is 42.4 Å². The lowest BCUT2D eigenvalue weighted by Gasteiger charge is -2.14. The van der Waals surface area contributed by atoms with E-state index in [1.54, 1.807) is 6.07 Å². The van der Waals surface area contributed by atoms with Crippen LogP contribution in [0, 0.1) is 11.7 Å². The van der Waals surface area contributed by atoms with E-state index in [2.05, 4.69) is 4.99 Å². The van der Waals surface area contributed by atoms with E-state index in [9.17, 15) is 22.4 Å². The molecule has 8 heteroatoms. The maximum Gasteiger partial charge on any atom is 0.419 e. The SMILES string of the molecule is CC(C)(C)c1cc(=NC(=O)c2cccc(C(F)(F)F)c2F)n(CC2CC2)s1. The van der Waals surface area contributed by atoms with Crippen molar-refractivity contribution >= 4 is 17.4 Å². The highest BCUT2D eigenvalue weighted by Gasteiger charge is 2.35. The van der Waals surface area contributed by atoms with Crippen molar-refractivity contribution in [3.05, 3.63) is 51.6 Å². The van der Waals surface area contributed by atoms with E-state index in [-0.39, 0.29) is 5.41 Å². The van der Waals surface area contributed by atoms with Gasteiger partial charge in [-0.15, -0.1) is 0 Å². The first kappa shape index (κ1) is 19.8. The Kier molecular flexibility index (Phi) is 5.05. The minimum absolute atomic E-state index is 0.158. The lowest BCUT2D eigenvalue weighted by molar-refractivity contribution is -0.140. The molecule has 0 atom stereocenters. The van der Waals surface area contributed by atoms with Crippen LogP contribution in [0.15, 0.2) is 29.3 Å². The first-order valence-corrected chi connectivity index (χ1v) is 9.40. The number of carbonyl (C=O) groups is 1. The lowest BCUT2D eigenvalue weighted by Crippen LogP contribution is -2.19. The Morgan fingerprint density at radius 2 is 1.93 bits per heavy atom. The van der Waals surface area contributed by atoms with Gasteiger partial charge < -0.3 is 0 Å². The van der Waals surface area contributed by atoms with Crippen LogP contribution in [0.25, 0.3) is 0 Å². The van der Waals surface area contributed by atoms with Crippen molar-refractivity contribution in [2.45, 2.75) is 51.7 Å². The van der Waals surface area contributed by atoms with Gasteiger partial charge in [0.05, 0.1) is 11.1 Å². The Hall–Kier alpha value is -1.96. The summed E-state index contributed by atoms with van der Waals surface area (Å²) in [6, 6.07) is 4.41. The van der Waals surface area contributed by atoms with Crippen LogP contribution >= 0.6 is 11.5 Å². The molecular formula is C19H20F4N2OS. The molecule has 1 aromatic heterocycles. The van der Waals surface area contributed by atoms with Crippen LogP contribution in [0.3, 0.4) is 0 Å². The molecule has 3 rings (SSSR count). The molecule has 1 aliphatic carbocycles. The molecular weight excluding hydrogens is 380 g/mol. The molecule has 0 radical (unpaired) electrons. The number of nitrogens with zero attached hydrogens (tertiary/aromatic N) is 2. The molecule has 0 N–H and O–H groups in total. The first-order chi connectivity index (χ1) is 12.5. The average Bonchev–Trinajstić information content (AvgIpc) is 3.25. The average molecular weight is 400 g/mol. The maximum absolute atomic E-state index is 14.2. The van der Waals surface area contributed by atoms with Crippen LogP contribution in [0.4, 0.5) is 17.6 Å². The zero-order valence-corrected chi connectivity index (χ0v) is 16.0. The number of alkyl halides is 3. The number of benzene rings is 1. The second kappa shape index (κ2) is 6.89. The van der Waals surface area contributed by atoms with E-state index < -0.39 is 29.0 Å². The van der Waals surface area contributed by atoms with Gasteiger partial charge in [-0.3, -0.25) is 8.75 Å². The molecule has 0 bridgehead atoms. The highest BCUT2D eigenvalue weighted by atomic mass is 32.1. The monoisotopic (exact) mass is 400 g/mol. The summed E-state index contributed by atoms with van der Waals surface area (Å²) in [5.41, 5.74) is -1.94. The molecule has 2 aromatic rings. The van der Waals surface area contributed by atoms with Crippen LogP contribution in [-0.2, 0) is 18.1 Å². The summed E-state index contributed by atoms with van der Waals surface area (Å²) in [7, 11) is 0. The number of rotatable bonds is 3. The van der Waals surface area contributed by atoms with Crippen molar-refractivity contribution in [3.63, 3.8) is 0 Å². The summed E-state index contributed by atoms with van der Waals surface area (Å²) in [6.07, 6.45) is -2.66. The molecule has 0 spiro atoms. The van der Waals surface area contributed by atoms with Crippen molar-refractivity contribution in [3.8, 4) is 0 Å². The van der Waals surface area contributed by atoms with Crippen LogP contribution in [0.1, 0.15) is 54.4 Å². The number of halogens is 4. The molecule has 27 heavy (non-hydrogen) atoms. The van der Waals surface area contributed by atoms with Gasteiger partial charge in [-0.25, -0.2) is 4.39 Å². The van der Waals surface area contributed by atoms with Crippen molar-refractivity contribution in [2.75, 3.05) is 0 Å². The maximum atomic E-state index is 14.2. The predicted molar refractivity (Wildman–Crippen MR) is 95.0 cm³/mol. The van der Waals surface area contributed by atoms with Gasteiger partial charge in [0.25, 0.3) is 5.91 Å². The fraction of sp³-hybridized carbons (Fsp3) is 0.474. The van der Waals surface area contributed by atoms with Gasteiger partial charge in [0.2, 0.25) is 0 Å². The van der Waals surface area contributed by atoms with Crippen LogP contribution in [-0.4, -0.2) is 9.86 Å². The summed E-state index contributed by atoms with van der Waals surface area (Å²) >= 11 is 1.48. The minimum atomic E-state index is -4.87. The van der Waals surface area contributed by atoms with Gasteiger partial charge in [-0.1, -0.05) is 38.4 Å². The van der Waals surface area contributed by atoms with Crippen LogP contribution in [0.5, 0.6) is 0 Å². The van der Waals surface area contributed by atoms with Crippen LogP contribution in [0.2, 0.25) is 0 Å². The van der Waals surface area contributed by atoms with E-state index in [4.69, 9.17) is 0 Å². The third kappa shape index (κ3) is 4.48. The number of amides is 1. The topological polar surface area (TPSA) is 34.4 Å². The Morgan fingerprint density at radius 3 is 2.48 bits per heavy atom. The third-order valence-corrected chi connectivity index (χ3v) is 5.82. The van der Waals surface area contributed by atoms with E-state index in [0.717, 1.165) is 29.9 Å². The van der Waals surface area contributed by atoms with E-state index in [1.807, 2.05) is 24.7 Å². The molecule has 0 aliphatic heterocycles. The van der Waals surface area contributed by atoms with E-state index in [1.165, 1.54) is 11.5 Å². The number of aromatic nitrogens is 1. The largest absolute Gasteiger partial charge is 0.419 e. The van der Waals surface area contributed by atoms with Crippen molar-refractivity contribution in [1.29, 1.82) is 0 Å². The molecule has 1 amide bonds. The van der Waals surface area contributed by atoms with Gasteiger partial charge >= 0.3 is 6.18 Å². The second-order valence-electron chi connectivity index (χ2n) is 7.79. The predicted octanol–water partition coefficient (Wildman–Crippen LogP) is 5.16. The molecule has 1 aliphatic rings. The second-order valence-corrected chi connectivity index (χ2v) is 8.86. The highest BCUT2D eigenvalue weighted by molar-refractivity contribution is 7.06. The van der Waals surface area contributed by atoms with Gasteiger partial charge in [0, 0.05) is 11.4 Å². The molecule has 1 aromatic carbocycles. The zero-order valence-electron chi connectivity index (χ0n) is 15.2. The van der Waals surface area contributed by atoms with Crippen molar-refractivity contribution in [1.82, 2.24) is 3.96 Å². The van der Waals surface area contributed by atoms with Crippen molar-refractivity contribution in [2.24, 2.45) is 10.9 Å². The van der Waals surface area contributed by atoms with Gasteiger partial charge in [0.15, 0.2) is 0 Å². The molecule has 146 valence electrons. The standard InChI is InChI=1S/C19H20F4N2OS/c1-18(2,3)14-9-15(25(27-14)10-11-7-8-11)24-17(26)12-5-4-6-13(16(12)20)19(21,22)23/h4-6,9,11H,7-8,10H2,1-3H3. The van der Waals surface area contributed by atoms with E-state index >= 15 is 0 Å². The molecule has 3 nitrogen and oxygen atoms in total. The summed E-state index contributed by atoms with van der Waals surface area (Å²) < 4.78 is 54.8. The fourth-order valence-electron chi connectivity index (χ4n) is 2.57. The molecule has 1 saturated carbocycles. The summed E-state index contributed by atoms with van der Waals surface area (Å²) in [4.78, 5) is 17.4. The number of hydrogen-bond acceptors (Lipinski definition) is 2. The third-order valence-electron chi connectivity index (χ3n) is 4.34. The highest BCUT2D eigenvalue weighted by Crippen LogP contribution is 2.33. The molecule has 1 fully saturated rings. The Bertz CT molecular complexity index is 930. The smallest absolute Gasteiger partial charge is 0.281 e. The minimum Gasteiger partial charge on any atom is -0.281 e. The Labute approximate surface area is 158 Å². The quantitative estimate of drug-likeness (QED) is 0.656. The lowest BCUT2D eigenvalue weighted by atomic mass is 9.95. The van der Waals surface area contributed by atoms with E-state index in [0.29, 0.717) is 24.0 Å². The summed E-state index contributed by atoms with van der Waals surface area (Å²) in [5, 5.41) is 0. The first-order valence-electron chi connectivity index (χ1n) is 8.63. The number of hydrogen-bond donors (Lipinski definition) is 0.